The van der Waals surface area contributed by atoms with Crippen molar-refractivity contribution >= 4 is 54.9 Å². The summed E-state index contributed by atoms with van der Waals surface area (Å²) < 4.78 is 8.92. The normalized spacial score (nSPS) is 17.4. The van der Waals surface area contributed by atoms with E-state index in [1.165, 1.54) is 49.6 Å². The summed E-state index contributed by atoms with van der Waals surface area (Å²) in [5, 5.41) is 4.80. The van der Waals surface area contributed by atoms with Gasteiger partial charge < -0.3 is 8.98 Å². The topological polar surface area (TPSA) is 18.1 Å². The smallest absolute Gasteiger partial charge is 0.143 e. The zero-order valence-electron chi connectivity index (χ0n) is 31.8. The fraction of sp³-hybridized carbons (Fsp3) is 0.0357. The second-order valence-electron chi connectivity index (χ2n) is 15.6. The van der Waals surface area contributed by atoms with Gasteiger partial charge in [0.25, 0.3) is 0 Å². The molecular weight excluding hydrogens is 703 g/mol. The molecule has 1 atom stereocenters. The van der Waals surface area contributed by atoms with Crippen LogP contribution >= 0.6 is 0 Å². The van der Waals surface area contributed by atoms with E-state index in [1.807, 2.05) is 12.1 Å². The summed E-state index contributed by atoms with van der Waals surface area (Å²) in [5.41, 5.74) is 18.1. The average Bonchev–Trinajstić information content (AvgIpc) is 3.94. The highest BCUT2D eigenvalue weighted by Crippen LogP contribution is 2.59. The van der Waals surface area contributed by atoms with Crippen LogP contribution in [0, 0.1) is 0 Å². The Kier molecular flexibility index (Phi) is 7.09. The fourth-order valence-corrected chi connectivity index (χ4v) is 10.2. The van der Waals surface area contributed by atoms with Crippen molar-refractivity contribution in [2.24, 2.45) is 0 Å². The largest absolute Gasteiger partial charge is 0.455 e. The lowest BCUT2D eigenvalue weighted by Crippen LogP contribution is -2.28. The maximum atomic E-state index is 6.42. The summed E-state index contributed by atoms with van der Waals surface area (Å²) in [5.74, 6) is 0. The van der Waals surface area contributed by atoms with Gasteiger partial charge in [0.2, 0.25) is 0 Å². The monoisotopic (exact) mass is 739 g/mol. The van der Waals surface area contributed by atoms with Crippen molar-refractivity contribution in [2.45, 2.75) is 11.8 Å². The summed E-state index contributed by atoms with van der Waals surface area (Å²) in [6.45, 7) is 4.91. The van der Waals surface area contributed by atoms with Crippen molar-refractivity contribution in [1.29, 1.82) is 0 Å². The first-order valence-electron chi connectivity index (χ1n) is 20.1. The molecular formula is C56H37NO. The van der Waals surface area contributed by atoms with Gasteiger partial charge in [0.05, 0.1) is 16.4 Å². The molecule has 0 fully saturated rings. The minimum Gasteiger partial charge on any atom is -0.455 e. The summed E-state index contributed by atoms with van der Waals surface area (Å²) >= 11 is 0. The van der Waals surface area contributed by atoms with Crippen LogP contribution in [0.3, 0.4) is 0 Å². The Morgan fingerprint density at radius 2 is 1.16 bits per heavy atom. The van der Waals surface area contributed by atoms with Crippen molar-refractivity contribution in [3.8, 4) is 27.9 Å². The molecule has 2 heterocycles. The van der Waals surface area contributed by atoms with E-state index in [4.69, 9.17) is 11.0 Å². The van der Waals surface area contributed by atoms with Gasteiger partial charge in [-0.1, -0.05) is 183 Å². The molecule has 2 aromatic heterocycles. The lowest BCUT2D eigenvalue weighted by Gasteiger charge is -2.35. The SMILES string of the molecule is C=C1/C(c2ccc(-c3cccc4c3oc3ccccc34)cc2)=C\C=C/CC2(c3ccccc31)c1ccccc1-c1ccc3c4ccccc4n(-c4ccccc4)c3c12. The van der Waals surface area contributed by atoms with Gasteiger partial charge in [-0.05, 0) is 86.3 Å². The van der Waals surface area contributed by atoms with E-state index < -0.39 is 5.41 Å². The molecule has 10 aromatic rings. The standard InChI is InChI=1S/C56H37NO/c1-36-40(37-29-31-38(32-30-37)42-23-15-24-48-45-22-8-12-28-52(45)58-55(42)48)18-13-14-35-56(49-25-9-5-19-41(36)49)50-26-10-6-20-43(50)46-33-34-47-44-21-7-11-27-51(44)57(54(47)53(46)56)39-16-3-2-4-17-39/h2-34H,1,35H2/b14-13-,40-18+. The first kappa shape index (κ1) is 32.8. The number of fused-ring (bicyclic) bond motifs is 14. The Labute approximate surface area is 336 Å². The Morgan fingerprint density at radius 1 is 0.500 bits per heavy atom. The van der Waals surface area contributed by atoms with Crippen LogP contribution in [0.2, 0.25) is 0 Å². The Bertz CT molecular complexity index is 3370. The highest BCUT2D eigenvalue weighted by molar-refractivity contribution is 6.14. The van der Waals surface area contributed by atoms with Gasteiger partial charge in [-0.25, -0.2) is 0 Å². The minimum atomic E-state index is -0.485. The van der Waals surface area contributed by atoms with Gasteiger partial charge in [0.1, 0.15) is 11.2 Å². The van der Waals surface area contributed by atoms with E-state index >= 15 is 0 Å². The molecule has 12 rings (SSSR count). The molecule has 0 aliphatic heterocycles. The van der Waals surface area contributed by atoms with Crippen LogP contribution in [0.15, 0.2) is 211 Å². The predicted molar refractivity (Wildman–Crippen MR) is 242 cm³/mol. The van der Waals surface area contributed by atoms with Crippen LogP contribution < -0.4 is 0 Å². The van der Waals surface area contributed by atoms with Crippen molar-refractivity contribution in [1.82, 2.24) is 4.57 Å². The van der Waals surface area contributed by atoms with Crippen LogP contribution in [-0.2, 0) is 5.41 Å². The van der Waals surface area contributed by atoms with E-state index in [-0.39, 0.29) is 0 Å². The Balaban J connectivity index is 1.05. The van der Waals surface area contributed by atoms with E-state index in [2.05, 4.69) is 193 Å². The first-order valence-corrected chi connectivity index (χ1v) is 20.1. The number of hydrogen-bond acceptors (Lipinski definition) is 1. The lowest BCUT2D eigenvalue weighted by atomic mass is 9.67. The summed E-state index contributed by atoms with van der Waals surface area (Å²) in [6.07, 6.45) is 7.69. The molecule has 58 heavy (non-hydrogen) atoms. The van der Waals surface area contributed by atoms with Crippen LogP contribution in [0.5, 0.6) is 0 Å². The van der Waals surface area contributed by atoms with Gasteiger partial charge >= 0.3 is 0 Å². The number of rotatable bonds is 3. The van der Waals surface area contributed by atoms with Crippen molar-refractivity contribution in [2.75, 3.05) is 0 Å². The molecule has 272 valence electrons. The molecule has 0 amide bonds. The highest BCUT2D eigenvalue weighted by Gasteiger charge is 2.47. The van der Waals surface area contributed by atoms with Crippen molar-refractivity contribution < 1.29 is 4.42 Å². The number of aromatic nitrogens is 1. The van der Waals surface area contributed by atoms with E-state index in [0.29, 0.717) is 0 Å². The van der Waals surface area contributed by atoms with E-state index in [9.17, 15) is 0 Å². The molecule has 0 saturated heterocycles. The number of benzene rings is 8. The third-order valence-corrected chi connectivity index (χ3v) is 12.7. The fourth-order valence-electron chi connectivity index (χ4n) is 10.2. The third-order valence-electron chi connectivity index (χ3n) is 12.7. The van der Waals surface area contributed by atoms with Gasteiger partial charge in [-0.3, -0.25) is 0 Å². The summed E-state index contributed by atoms with van der Waals surface area (Å²) in [4.78, 5) is 0. The van der Waals surface area contributed by atoms with E-state index in [0.717, 1.165) is 67.4 Å². The molecule has 1 unspecified atom stereocenters. The number of hydrogen-bond donors (Lipinski definition) is 0. The average molecular weight is 740 g/mol. The van der Waals surface area contributed by atoms with Gasteiger partial charge in [-0.15, -0.1) is 0 Å². The van der Waals surface area contributed by atoms with Crippen LogP contribution in [0.25, 0.3) is 82.8 Å². The molecule has 0 radical (unpaired) electrons. The highest BCUT2D eigenvalue weighted by atomic mass is 16.3. The first-order chi connectivity index (χ1) is 28.7. The van der Waals surface area contributed by atoms with Crippen LogP contribution in [-0.4, -0.2) is 4.57 Å². The Morgan fingerprint density at radius 3 is 2.00 bits per heavy atom. The molecule has 0 N–H and O–H groups in total. The van der Waals surface area contributed by atoms with E-state index in [1.54, 1.807) is 0 Å². The van der Waals surface area contributed by atoms with Crippen LogP contribution in [0.1, 0.15) is 34.2 Å². The summed E-state index contributed by atoms with van der Waals surface area (Å²) in [7, 11) is 0. The molecule has 2 aliphatic rings. The van der Waals surface area contributed by atoms with Gasteiger partial charge in [0.15, 0.2) is 0 Å². The molecule has 2 aliphatic carbocycles. The third kappa shape index (κ3) is 4.54. The zero-order valence-corrected chi connectivity index (χ0v) is 31.8. The number of allylic oxidation sites excluding steroid dienone is 5. The molecule has 2 heteroatoms. The molecule has 8 aromatic carbocycles. The summed E-state index contributed by atoms with van der Waals surface area (Å²) in [6, 6.07) is 66.1. The number of furan rings is 1. The second-order valence-corrected chi connectivity index (χ2v) is 15.6. The van der Waals surface area contributed by atoms with Gasteiger partial charge in [0, 0.05) is 32.8 Å². The number of nitrogens with zero attached hydrogens (tertiary/aromatic N) is 1. The van der Waals surface area contributed by atoms with Crippen LogP contribution in [0.4, 0.5) is 0 Å². The maximum Gasteiger partial charge on any atom is 0.143 e. The predicted octanol–water partition coefficient (Wildman–Crippen LogP) is 14.7. The van der Waals surface area contributed by atoms with Gasteiger partial charge in [-0.2, -0.15) is 0 Å². The molecule has 2 nitrogen and oxygen atoms in total. The van der Waals surface area contributed by atoms with Crippen molar-refractivity contribution in [3.05, 3.63) is 235 Å². The second kappa shape index (κ2) is 12.5. The molecule has 1 spiro atoms. The lowest BCUT2D eigenvalue weighted by molar-refractivity contribution is 0.647. The minimum absolute atomic E-state index is 0.485. The van der Waals surface area contributed by atoms with Crippen molar-refractivity contribution in [3.63, 3.8) is 0 Å². The number of para-hydroxylation sites is 4. The molecule has 0 bridgehead atoms. The molecule has 0 saturated carbocycles. The Hall–Kier alpha value is -7.42. The maximum absolute atomic E-state index is 6.42. The zero-order chi connectivity index (χ0) is 38.4. The quantitative estimate of drug-likeness (QED) is 0.176.